The zero-order valence-corrected chi connectivity index (χ0v) is 15.7. The average molecular weight is 360 g/mol. The molecule has 1 aromatic heterocycles. The molecule has 0 spiro atoms. The molecule has 1 amide bonds. The largest absolute Gasteiger partial charge is 0.473 e. The van der Waals surface area contributed by atoms with Crippen LogP contribution in [0, 0.1) is 0 Å². The van der Waals surface area contributed by atoms with E-state index < -0.39 is 0 Å². The number of hydrogen-bond acceptors (Lipinski definition) is 3. The maximum Gasteiger partial charge on any atom is 0.217 e. The van der Waals surface area contributed by atoms with Crippen molar-refractivity contribution in [2.75, 3.05) is 0 Å². The number of carbonyl (C=O) groups excluding carboxylic acids is 1. The molecule has 2 aromatic carbocycles. The molecule has 0 saturated carbocycles. The van der Waals surface area contributed by atoms with Gasteiger partial charge in [-0.3, -0.25) is 4.79 Å². The Labute approximate surface area is 160 Å². The summed E-state index contributed by atoms with van der Waals surface area (Å²) in [6, 6.07) is 22.5. The second kappa shape index (κ2) is 8.99. The first-order valence-corrected chi connectivity index (χ1v) is 9.09. The van der Waals surface area contributed by atoms with E-state index in [1.54, 1.807) is 13.1 Å². The Morgan fingerprint density at radius 1 is 1.00 bits per heavy atom. The number of pyridine rings is 1. The van der Waals surface area contributed by atoms with Crippen molar-refractivity contribution >= 4 is 5.91 Å². The number of amides is 1. The van der Waals surface area contributed by atoms with Gasteiger partial charge in [0.2, 0.25) is 11.8 Å². The highest BCUT2D eigenvalue weighted by molar-refractivity contribution is 5.73. The topological polar surface area (TPSA) is 51.2 Å². The van der Waals surface area contributed by atoms with Crippen LogP contribution in [0.25, 0.3) is 11.1 Å². The van der Waals surface area contributed by atoms with Crippen molar-refractivity contribution in [1.82, 2.24) is 10.3 Å². The summed E-state index contributed by atoms with van der Waals surface area (Å²) in [6.07, 6.45) is 2.57. The van der Waals surface area contributed by atoms with Crippen LogP contribution in [0.3, 0.4) is 0 Å². The molecular weight excluding hydrogens is 336 g/mol. The number of nitrogens with zero attached hydrogens (tertiary/aromatic N) is 1. The summed E-state index contributed by atoms with van der Waals surface area (Å²) in [5.74, 6) is 0.610. The van der Waals surface area contributed by atoms with E-state index in [0.717, 1.165) is 23.1 Å². The number of carbonyl (C=O) groups is 1. The lowest BCUT2D eigenvalue weighted by atomic mass is 10.0. The minimum Gasteiger partial charge on any atom is -0.473 e. The fourth-order valence-corrected chi connectivity index (χ4v) is 2.98. The van der Waals surface area contributed by atoms with Gasteiger partial charge in [0.1, 0.15) is 6.61 Å². The minimum absolute atomic E-state index is 0.000983. The molecule has 0 radical (unpaired) electrons. The standard InChI is InChI=1S/C23H24N2O2/c1-17(25-18(2)26)14-19-8-10-21(11-9-19)22-12-13-24-23(15-22)27-16-20-6-4-3-5-7-20/h3-13,15,17H,14,16H2,1-2H3,(H,25,26). The smallest absolute Gasteiger partial charge is 0.217 e. The number of benzene rings is 2. The summed E-state index contributed by atoms with van der Waals surface area (Å²) in [6.45, 7) is 4.05. The van der Waals surface area contributed by atoms with Crippen LogP contribution in [0.15, 0.2) is 72.9 Å². The molecule has 1 heterocycles. The highest BCUT2D eigenvalue weighted by atomic mass is 16.5. The summed E-state index contributed by atoms with van der Waals surface area (Å²) in [7, 11) is 0. The van der Waals surface area contributed by atoms with Gasteiger partial charge < -0.3 is 10.1 Å². The third-order valence-corrected chi connectivity index (χ3v) is 4.24. The van der Waals surface area contributed by atoms with E-state index in [2.05, 4.69) is 34.6 Å². The van der Waals surface area contributed by atoms with Gasteiger partial charge in [0.25, 0.3) is 0 Å². The molecule has 3 aromatic rings. The van der Waals surface area contributed by atoms with Crippen molar-refractivity contribution in [3.05, 3.63) is 84.1 Å². The Morgan fingerprint density at radius 2 is 1.74 bits per heavy atom. The lowest BCUT2D eigenvalue weighted by Gasteiger charge is -2.13. The Kier molecular flexibility index (Phi) is 6.21. The van der Waals surface area contributed by atoms with E-state index in [1.165, 1.54) is 5.56 Å². The Morgan fingerprint density at radius 3 is 2.44 bits per heavy atom. The maximum absolute atomic E-state index is 11.1. The van der Waals surface area contributed by atoms with Crippen LogP contribution in [0.4, 0.5) is 0 Å². The van der Waals surface area contributed by atoms with Crippen LogP contribution < -0.4 is 10.1 Å². The molecule has 1 atom stereocenters. The molecule has 1 unspecified atom stereocenters. The lowest BCUT2D eigenvalue weighted by Crippen LogP contribution is -2.31. The van der Waals surface area contributed by atoms with Crippen LogP contribution in [0.2, 0.25) is 0 Å². The van der Waals surface area contributed by atoms with Gasteiger partial charge in [-0.05, 0) is 41.7 Å². The summed E-state index contributed by atoms with van der Waals surface area (Å²) >= 11 is 0. The molecule has 0 aliphatic heterocycles. The molecule has 4 nitrogen and oxygen atoms in total. The summed E-state index contributed by atoms with van der Waals surface area (Å²) < 4.78 is 5.82. The third kappa shape index (κ3) is 5.68. The van der Waals surface area contributed by atoms with Crippen LogP contribution in [-0.2, 0) is 17.8 Å². The average Bonchev–Trinajstić information content (AvgIpc) is 2.67. The Balaban J connectivity index is 1.65. The van der Waals surface area contributed by atoms with Crippen molar-refractivity contribution in [2.45, 2.75) is 32.9 Å². The summed E-state index contributed by atoms with van der Waals surface area (Å²) in [5.41, 5.74) is 4.48. The minimum atomic E-state index is -0.000983. The fraction of sp³-hybridized carbons (Fsp3) is 0.217. The van der Waals surface area contributed by atoms with Crippen LogP contribution in [0.5, 0.6) is 5.88 Å². The molecule has 0 fully saturated rings. The van der Waals surface area contributed by atoms with Crippen LogP contribution >= 0.6 is 0 Å². The van der Waals surface area contributed by atoms with E-state index in [-0.39, 0.29) is 11.9 Å². The Bertz CT molecular complexity index is 876. The van der Waals surface area contributed by atoms with E-state index in [9.17, 15) is 4.79 Å². The van der Waals surface area contributed by atoms with Crippen LogP contribution in [0.1, 0.15) is 25.0 Å². The maximum atomic E-state index is 11.1. The molecule has 0 aliphatic carbocycles. The van der Waals surface area contributed by atoms with Crippen molar-refractivity contribution in [3.63, 3.8) is 0 Å². The van der Waals surface area contributed by atoms with Gasteiger partial charge in [-0.25, -0.2) is 4.98 Å². The monoisotopic (exact) mass is 360 g/mol. The molecular formula is C23H24N2O2. The fourth-order valence-electron chi connectivity index (χ4n) is 2.98. The van der Waals surface area contributed by atoms with Crippen molar-refractivity contribution in [2.24, 2.45) is 0 Å². The second-order valence-corrected chi connectivity index (χ2v) is 6.66. The molecule has 0 aliphatic rings. The number of hydrogen-bond donors (Lipinski definition) is 1. The molecule has 4 heteroatoms. The van der Waals surface area contributed by atoms with E-state index >= 15 is 0 Å². The van der Waals surface area contributed by atoms with Crippen molar-refractivity contribution in [3.8, 4) is 17.0 Å². The van der Waals surface area contributed by atoms with Gasteiger partial charge in [-0.1, -0.05) is 54.6 Å². The van der Waals surface area contributed by atoms with Gasteiger partial charge in [0.05, 0.1) is 0 Å². The van der Waals surface area contributed by atoms with Crippen molar-refractivity contribution in [1.29, 1.82) is 0 Å². The van der Waals surface area contributed by atoms with E-state index in [1.807, 2.05) is 49.4 Å². The summed E-state index contributed by atoms with van der Waals surface area (Å²) in [4.78, 5) is 15.4. The quantitative estimate of drug-likeness (QED) is 0.680. The predicted molar refractivity (Wildman–Crippen MR) is 107 cm³/mol. The number of rotatable bonds is 7. The van der Waals surface area contributed by atoms with E-state index in [0.29, 0.717) is 12.5 Å². The number of aromatic nitrogens is 1. The highest BCUT2D eigenvalue weighted by Gasteiger charge is 2.06. The normalized spacial score (nSPS) is 11.6. The molecule has 0 bridgehead atoms. The summed E-state index contributed by atoms with van der Waals surface area (Å²) in [5, 5.41) is 2.91. The zero-order chi connectivity index (χ0) is 19.1. The predicted octanol–water partition coefficient (Wildman–Crippen LogP) is 4.39. The third-order valence-electron chi connectivity index (χ3n) is 4.24. The molecule has 3 rings (SSSR count). The Hall–Kier alpha value is -3.14. The second-order valence-electron chi connectivity index (χ2n) is 6.66. The highest BCUT2D eigenvalue weighted by Crippen LogP contribution is 2.23. The van der Waals surface area contributed by atoms with E-state index in [4.69, 9.17) is 4.74 Å². The SMILES string of the molecule is CC(=O)NC(C)Cc1ccc(-c2ccnc(OCc3ccccc3)c2)cc1. The zero-order valence-electron chi connectivity index (χ0n) is 15.7. The number of ether oxygens (including phenoxy) is 1. The first-order valence-electron chi connectivity index (χ1n) is 9.09. The van der Waals surface area contributed by atoms with Gasteiger partial charge in [-0.2, -0.15) is 0 Å². The van der Waals surface area contributed by atoms with Gasteiger partial charge in [-0.15, -0.1) is 0 Å². The lowest BCUT2D eigenvalue weighted by molar-refractivity contribution is -0.119. The van der Waals surface area contributed by atoms with Gasteiger partial charge in [0, 0.05) is 25.2 Å². The first-order chi connectivity index (χ1) is 13.1. The number of nitrogens with one attached hydrogen (secondary N) is 1. The molecule has 1 N–H and O–H groups in total. The van der Waals surface area contributed by atoms with Gasteiger partial charge in [0.15, 0.2) is 0 Å². The van der Waals surface area contributed by atoms with Crippen molar-refractivity contribution < 1.29 is 9.53 Å². The first kappa shape index (κ1) is 18.6. The van der Waals surface area contributed by atoms with Gasteiger partial charge >= 0.3 is 0 Å². The van der Waals surface area contributed by atoms with Crippen LogP contribution in [-0.4, -0.2) is 16.9 Å². The molecule has 0 saturated heterocycles. The molecule has 27 heavy (non-hydrogen) atoms. The molecule has 138 valence electrons.